The number of alkyl halides is 1. The lowest BCUT2D eigenvalue weighted by Gasteiger charge is -2.16. The third-order valence-electron chi connectivity index (χ3n) is 3.19. The molecule has 0 radical (unpaired) electrons. The molecule has 1 atom stereocenters. The van der Waals surface area contributed by atoms with Gasteiger partial charge in [-0.25, -0.2) is 4.39 Å². The number of halogens is 4. The van der Waals surface area contributed by atoms with E-state index in [1.165, 1.54) is 12.1 Å². The summed E-state index contributed by atoms with van der Waals surface area (Å²) in [5.74, 6) is 0.403. The van der Waals surface area contributed by atoms with Crippen LogP contribution >= 0.6 is 34.8 Å². The highest BCUT2D eigenvalue weighted by atomic mass is 35.5. The zero-order chi connectivity index (χ0) is 14.5. The SMILES string of the molecule is Fc1cccc(CC(CCl)Cc2c(Cl)cccc2Cl)c1. The fourth-order valence-electron chi connectivity index (χ4n) is 2.19. The van der Waals surface area contributed by atoms with Crippen molar-refractivity contribution in [1.29, 1.82) is 0 Å². The van der Waals surface area contributed by atoms with Crippen LogP contribution in [0.5, 0.6) is 0 Å². The molecule has 0 spiro atoms. The smallest absolute Gasteiger partial charge is 0.123 e. The second-order valence-electron chi connectivity index (χ2n) is 4.76. The van der Waals surface area contributed by atoms with E-state index in [1.54, 1.807) is 6.07 Å². The summed E-state index contributed by atoms with van der Waals surface area (Å²) in [5, 5.41) is 1.29. The minimum Gasteiger partial charge on any atom is -0.207 e. The molecular formula is C16H14Cl3F. The Hall–Kier alpha value is -0.760. The fourth-order valence-corrected chi connectivity index (χ4v) is 2.96. The van der Waals surface area contributed by atoms with Crippen molar-refractivity contribution in [2.75, 3.05) is 5.88 Å². The Morgan fingerprint density at radius 3 is 2.20 bits per heavy atom. The van der Waals surface area contributed by atoms with E-state index in [-0.39, 0.29) is 11.7 Å². The lowest BCUT2D eigenvalue weighted by Crippen LogP contribution is -2.11. The molecule has 20 heavy (non-hydrogen) atoms. The van der Waals surface area contributed by atoms with E-state index in [0.717, 1.165) is 11.1 Å². The van der Waals surface area contributed by atoms with E-state index in [1.807, 2.05) is 24.3 Å². The van der Waals surface area contributed by atoms with Crippen LogP contribution in [-0.2, 0) is 12.8 Å². The Balaban J connectivity index is 2.13. The molecule has 0 aliphatic carbocycles. The average molecular weight is 332 g/mol. The van der Waals surface area contributed by atoms with Crippen molar-refractivity contribution < 1.29 is 4.39 Å². The minimum atomic E-state index is -0.230. The molecule has 0 bridgehead atoms. The van der Waals surface area contributed by atoms with Crippen molar-refractivity contribution in [2.24, 2.45) is 5.92 Å². The van der Waals surface area contributed by atoms with Gasteiger partial charge in [0.15, 0.2) is 0 Å². The zero-order valence-electron chi connectivity index (χ0n) is 10.8. The predicted molar refractivity (Wildman–Crippen MR) is 84.5 cm³/mol. The van der Waals surface area contributed by atoms with E-state index < -0.39 is 0 Å². The van der Waals surface area contributed by atoms with E-state index in [2.05, 4.69) is 0 Å². The van der Waals surface area contributed by atoms with Gasteiger partial charge in [0.1, 0.15) is 5.82 Å². The van der Waals surface area contributed by atoms with Crippen LogP contribution in [0.2, 0.25) is 10.0 Å². The molecule has 4 heteroatoms. The summed E-state index contributed by atoms with van der Waals surface area (Å²) < 4.78 is 13.2. The first-order valence-electron chi connectivity index (χ1n) is 6.33. The molecule has 0 saturated carbocycles. The molecule has 2 rings (SSSR count). The van der Waals surface area contributed by atoms with Crippen molar-refractivity contribution in [1.82, 2.24) is 0 Å². The molecule has 0 aromatic heterocycles. The van der Waals surface area contributed by atoms with Gasteiger partial charge in [-0.1, -0.05) is 41.4 Å². The Kier molecular flexibility index (Phi) is 5.71. The molecule has 0 nitrogen and oxygen atoms in total. The van der Waals surface area contributed by atoms with E-state index >= 15 is 0 Å². The second-order valence-corrected chi connectivity index (χ2v) is 5.88. The maximum atomic E-state index is 13.2. The second kappa shape index (κ2) is 7.31. The van der Waals surface area contributed by atoms with Gasteiger partial charge >= 0.3 is 0 Å². The lowest BCUT2D eigenvalue weighted by atomic mass is 9.94. The molecule has 2 aromatic rings. The highest BCUT2D eigenvalue weighted by Gasteiger charge is 2.14. The molecule has 0 aliphatic heterocycles. The average Bonchev–Trinajstić information content (AvgIpc) is 2.42. The van der Waals surface area contributed by atoms with Crippen LogP contribution in [0.4, 0.5) is 4.39 Å². The summed E-state index contributed by atoms with van der Waals surface area (Å²) >= 11 is 18.4. The van der Waals surface area contributed by atoms with Crippen LogP contribution in [0.25, 0.3) is 0 Å². The standard InChI is InChI=1S/C16H14Cl3F/c17-10-12(7-11-3-1-4-13(20)8-11)9-14-15(18)5-2-6-16(14)19/h1-6,8,12H,7,9-10H2. The Morgan fingerprint density at radius 1 is 0.950 bits per heavy atom. The first-order valence-corrected chi connectivity index (χ1v) is 7.62. The van der Waals surface area contributed by atoms with Crippen LogP contribution in [0.15, 0.2) is 42.5 Å². The van der Waals surface area contributed by atoms with Gasteiger partial charge in [0, 0.05) is 15.9 Å². The number of benzene rings is 2. The van der Waals surface area contributed by atoms with Crippen LogP contribution in [0.3, 0.4) is 0 Å². The maximum Gasteiger partial charge on any atom is 0.123 e. The van der Waals surface area contributed by atoms with Crippen molar-refractivity contribution in [2.45, 2.75) is 12.8 Å². The summed E-state index contributed by atoms with van der Waals surface area (Å²) in [6.07, 6.45) is 1.38. The van der Waals surface area contributed by atoms with Crippen molar-refractivity contribution in [3.05, 3.63) is 69.5 Å². The van der Waals surface area contributed by atoms with Crippen molar-refractivity contribution in [3.8, 4) is 0 Å². The molecule has 106 valence electrons. The summed E-state index contributed by atoms with van der Waals surface area (Å²) in [5.41, 5.74) is 1.83. The molecule has 0 fully saturated rings. The van der Waals surface area contributed by atoms with E-state index in [9.17, 15) is 4.39 Å². The summed E-state index contributed by atoms with van der Waals surface area (Å²) in [6.45, 7) is 0. The Bertz CT molecular complexity index is 563. The largest absolute Gasteiger partial charge is 0.207 e. The molecule has 2 aromatic carbocycles. The first kappa shape index (κ1) is 15.6. The molecule has 0 saturated heterocycles. The highest BCUT2D eigenvalue weighted by molar-refractivity contribution is 6.36. The minimum absolute atomic E-state index is 0.163. The molecule has 1 unspecified atom stereocenters. The molecular weight excluding hydrogens is 318 g/mol. The van der Waals surface area contributed by atoms with Gasteiger partial charge in [0.25, 0.3) is 0 Å². The molecule has 0 N–H and O–H groups in total. The topological polar surface area (TPSA) is 0 Å². The Morgan fingerprint density at radius 2 is 1.60 bits per heavy atom. The van der Waals surface area contributed by atoms with Crippen LogP contribution < -0.4 is 0 Å². The van der Waals surface area contributed by atoms with Crippen LogP contribution in [-0.4, -0.2) is 5.88 Å². The van der Waals surface area contributed by atoms with Gasteiger partial charge < -0.3 is 0 Å². The summed E-state index contributed by atoms with van der Waals surface area (Å²) in [6, 6.07) is 12.0. The van der Waals surface area contributed by atoms with Crippen molar-refractivity contribution in [3.63, 3.8) is 0 Å². The fraction of sp³-hybridized carbons (Fsp3) is 0.250. The van der Waals surface area contributed by atoms with Gasteiger partial charge in [-0.15, -0.1) is 11.6 Å². The third-order valence-corrected chi connectivity index (χ3v) is 4.33. The van der Waals surface area contributed by atoms with Gasteiger partial charge in [-0.2, -0.15) is 0 Å². The van der Waals surface area contributed by atoms with Gasteiger partial charge in [-0.3, -0.25) is 0 Å². The number of rotatable bonds is 5. The van der Waals surface area contributed by atoms with Crippen molar-refractivity contribution >= 4 is 34.8 Å². The third kappa shape index (κ3) is 4.12. The monoisotopic (exact) mass is 330 g/mol. The summed E-state index contributed by atoms with van der Waals surface area (Å²) in [4.78, 5) is 0. The van der Waals surface area contributed by atoms with E-state index in [4.69, 9.17) is 34.8 Å². The lowest BCUT2D eigenvalue weighted by molar-refractivity contribution is 0.576. The number of hydrogen-bond donors (Lipinski definition) is 0. The first-order chi connectivity index (χ1) is 9.60. The van der Waals surface area contributed by atoms with E-state index in [0.29, 0.717) is 28.8 Å². The number of hydrogen-bond acceptors (Lipinski definition) is 0. The maximum absolute atomic E-state index is 13.2. The van der Waals surface area contributed by atoms with Crippen LogP contribution in [0, 0.1) is 11.7 Å². The van der Waals surface area contributed by atoms with Gasteiger partial charge in [0.2, 0.25) is 0 Å². The quantitative estimate of drug-likeness (QED) is 0.610. The molecule has 0 heterocycles. The molecule has 0 amide bonds. The highest BCUT2D eigenvalue weighted by Crippen LogP contribution is 2.28. The van der Waals surface area contributed by atoms with Gasteiger partial charge in [-0.05, 0) is 54.2 Å². The van der Waals surface area contributed by atoms with Crippen LogP contribution in [0.1, 0.15) is 11.1 Å². The zero-order valence-corrected chi connectivity index (χ0v) is 13.0. The Labute approximate surface area is 133 Å². The predicted octanol–water partition coefficient (Wildman–Crippen LogP) is 5.77. The van der Waals surface area contributed by atoms with Gasteiger partial charge in [0.05, 0.1) is 0 Å². The molecule has 0 aliphatic rings. The normalized spacial score (nSPS) is 12.4. The summed E-state index contributed by atoms with van der Waals surface area (Å²) in [7, 11) is 0.